The van der Waals surface area contributed by atoms with Crippen LogP contribution in [0.1, 0.15) is 25.8 Å². The minimum atomic E-state index is 0.00827. The van der Waals surface area contributed by atoms with Crippen molar-refractivity contribution < 1.29 is 4.79 Å². The number of fused-ring (bicyclic) bond motifs is 1. The maximum atomic E-state index is 11.8. The molecule has 1 aromatic carbocycles. The predicted octanol–water partition coefficient (Wildman–Crippen LogP) is 2.43. The number of amides is 1. The topological polar surface area (TPSA) is 86.5 Å². The Morgan fingerprint density at radius 1 is 1.44 bits per heavy atom. The molecule has 2 aromatic rings. The van der Waals surface area contributed by atoms with E-state index in [9.17, 15) is 4.79 Å². The lowest BCUT2D eigenvalue weighted by Crippen LogP contribution is -2.41. The third-order valence-corrected chi connectivity index (χ3v) is 4.87. The van der Waals surface area contributed by atoms with Crippen LogP contribution in [0.3, 0.4) is 0 Å². The molecule has 0 aliphatic carbocycles. The SMILES string of the molecule is CC(C)C(=O)NCCC1CN(Cc2cccc3[nH]ccc23)CC(C=CN)=N1. The number of aromatic amines is 1. The van der Waals surface area contributed by atoms with Gasteiger partial charge in [-0.05, 0) is 36.4 Å². The van der Waals surface area contributed by atoms with Crippen molar-refractivity contribution in [3.63, 3.8) is 0 Å². The van der Waals surface area contributed by atoms with Crippen molar-refractivity contribution in [2.24, 2.45) is 16.6 Å². The number of aromatic nitrogens is 1. The van der Waals surface area contributed by atoms with Crippen LogP contribution in [0.4, 0.5) is 0 Å². The van der Waals surface area contributed by atoms with Crippen molar-refractivity contribution in [1.82, 2.24) is 15.2 Å². The van der Waals surface area contributed by atoms with Gasteiger partial charge in [0.2, 0.25) is 5.91 Å². The summed E-state index contributed by atoms with van der Waals surface area (Å²) in [5.41, 5.74) is 9.05. The Bertz CT molecular complexity index is 836. The highest BCUT2D eigenvalue weighted by Gasteiger charge is 2.21. The Morgan fingerprint density at radius 3 is 3.07 bits per heavy atom. The molecule has 0 spiro atoms. The number of nitrogens with zero attached hydrogens (tertiary/aromatic N) is 2. The first-order chi connectivity index (χ1) is 13.1. The van der Waals surface area contributed by atoms with Crippen LogP contribution in [0.15, 0.2) is 47.7 Å². The molecule has 1 aromatic heterocycles. The Morgan fingerprint density at radius 2 is 2.30 bits per heavy atom. The first-order valence-corrected chi connectivity index (χ1v) is 9.57. The van der Waals surface area contributed by atoms with Crippen LogP contribution in [-0.2, 0) is 11.3 Å². The molecule has 1 aliphatic heterocycles. The number of hydrogen-bond donors (Lipinski definition) is 3. The molecule has 0 bridgehead atoms. The zero-order chi connectivity index (χ0) is 19.2. The van der Waals surface area contributed by atoms with E-state index in [1.807, 2.05) is 26.1 Å². The van der Waals surface area contributed by atoms with E-state index in [1.165, 1.54) is 10.9 Å². The standard InChI is InChI=1S/C21H29N5O/c1-15(2)21(27)24-10-7-18-14-26(13-17(25-18)6-9-22)12-16-4-3-5-20-19(16)8-11-23-20/h3-6,8-9,11,15,18,23H,7,10,12-14,22H2,1-2H3,(H,24,27). The quantitative estimate of drug-likeness (QED) is 0.702. The van der Waals surface area contributed by atoms with Crippen LogP contribution < -0.4 is 11.1 Å². The molecule has 0 radical (unpaired) electrons. The van der Waals surface area contributed by atoms with Crippen molar-refractivity contribution in [2.45, 2.75) is 32.9 Å². The number of carbonyl (C=O) groups excluding carboxylic acids is 1. The molecule has 6 nitrogen and oxygen atoms in total. The number of nitrogens with two attached hydrogens (primary N) is 1. The Labute approximate surface area is 160 Å². The number of H-pyrrole nitrogens is 1. The number of rotatable bonds is 7. The van der Waals surface area contributed by atoms with E-state index in [0.717, 1.165) is 37.3 Å². The van der Waals surface area contributed by atoms with Gasteiger partial charge < -0.3 is 16.0 Å². The molecule has 4 N–H and O–H groups in total. The summed E-state index contributed by atoms with van der Waals surface area (Å²) < 4.78 is 0. The summed E-state index contributed by atoms with van der Waals surface area (Å²) in [6.45, 7) is 6.97. The van der Waals surface area contributed by atoms with E-state index in [1.54, 1.807) is 6.20 Å². The normalized spacial score (nSPS) is 18.3. The fourth-order valence-corrected chi connectivity index (χ4v) is 3.49. The van der Waals surface area contributed by atoms with Crippen LogP contribution >= 0.6 is 0 Å². The Hall–Kier alpha value is -2.60. The molecule has 6 heteroatoms. The fraction of sp³-hybridized carbons (Fsp3) is 0.429. The molecule has 0 saturated carbocycles. The molecule has 0 saturated heterocycles. The second-order valence-electron chi connectivity index (χ2n) is 7.39. The summed E-state index contributed by atoms with van der Waals surface area (Å²) in [6.07, 6.45) is 6.23. The van der Waals surface area contributed by atoms with Gasteiger partial charge in [-0.3, -0.25) is 14.7 Å². The van der Waals surface area contributed by atoms with Crippen LogP contribution in [0.25, 0.3) is 10.9 Å². The molecule has 1 amide bonds. The highest BCUT2D eigenvalue weighted by molar-refractivity contribution is 5.97. The summed E-state index contributed by atoms with van der Waals surface area (Å²) in [5.74, 6) is 0.0989. The fourth-order valence-electron chi connectivity index (χ4n) is 3.49. The smallest absolute Gasteiger partial charge is 0.222 e. The molecule has 1 atom stereocenters. The van der Waals surface area contributed by atoms with E-state index in [-0.39, 0.29) is 17.9 Å². The van der Waals surface area contributed by atoms with E-state index in [2.05, 4.69) is 39.5 Å². The Kier molecular flexibility index (Phi) is 6.29. The van der Waals surface area contributed by atoms with E-state index in [0.29, 0.717) is 6.54 Å². The molecule has 27 heavy (non-hydrogen) atoms. The lowest BCUT2D eigenvalue weighted by atomic mass is 10.1. The first kappa shape index (κ1) is 19.2. The average molecular weight is 367 g/mol. The second kappa shape index (κ2) is 8.86. The third-order valence-electron chi connectivity index (χ3n) is 4.87. The van der Waals surface area contributed by atoms with Crippen LogP contribution in [0.2, 0.25) is 0 Å². The maximum absolute atomic E-state index is 11.8. The zero-order valence-electron chi connectivity index (χ0n) is 16.1. The van der Waals surface area contributed by atoms with Crippen LogP contribution in [0.5, 0.6) is 0 Å². The highest BCUT2D eigenvalue weighted by atomic mass is 16.1. The number of hydrogen-bond acceptors (Lipinski definition) is 4. The zero-order valence-corrected chi connectivity index (χ0v) is 16.1. The molecular weight excluding hydrogens is 338 g/mol. The summed E-state index contributed by atoms with van der Waals surface area (Å²) >= 11 is 0. The van der Waals surface area contributed by atoms with E-state index >= 15 is 0 Å². The average Bonchev–Trinajstić information content (AvgIpc) is 3.11. The minimum Gasteiger partial charge on any atom is -0.405 e. The molecular formula is C21H29N5O. The minimum absolute atomic E-state index is 0.00827. The van der Waals surface area contributed by atoms with Crippen LogP contribution in [0, 0.1) is 5.92 Å². The van der Waals surface area contributed by atoms with Gasteiger partial charge in [0.05, 0.1) is 11.8 Å². The van der Waals surface area contributed by atoms with Crippen LogP contribution in [-0.4, -0.2) is 47.2 Å². The van der Waals surface area contributed by atoms with Crippen molar-refractivity contribution >= 4 is 22.5 Å². The second-order valence-corrected chi connectivity index (χ2v) is 7.39. The van der Waals surface area contributed by atoms with Gasteiger partial charge in [0, 0.05) is 49.2 Å². The van der Waals surface area contributed by atoms with Crippen molar-refractivity contribution in [3.8, 4) is 0 Å². The summed E-state index contributed by atoms with van der Waals surface area (Å²) in [4.78, 5) is 22.3. The van der Waals surface area contributed by atoms with Crippen molar-refractivity contribution in [1.29, 1.82) is 0 Å². The molecule has 3 rings (SSSR count). The highest BCUT2D eigenvalue weighted by Crippen LogP contribution is 2.21. The summed E-state index contributed by atoms with van der Waals surface area (Å²) in [7, 11) is 0. The van der Waals surface area contributed by atoms with Gasteiger partial charge in [-0.15, -0.1) is 0 Å². The van der Waals surface area contributed by atoms with E-state index < -0.39 is 0 Å². The largest absolute Gasteiger partial charge is 0.405 e. The Balaban J connectivity index is 1.67. The molecule has 0 fully saturated rings. The maximum Gasteiger partial charge on any atom is 0.222 e. The molecule has 1 aliphatic rings. The number of benzene rings is 1. The monoisotopic (exact) mass is 367 g/mol. The van der Waals surface area contributed by atoms with Gasteiger partial charge >= 0.3 is 0 Å². The predicted molar refractivity (Wildman–Crippen MR) is 111 cm³/mol. The van der Waals surface area contributed by atoms with Crippen molar-refractivity contribution in [3.05, 3.63) is 48.3 Å². The van der Waals surface area contributed by atoms with Gasteiger partial charge in [0.1, 0.15) is 0 Å². The van der Waals surface area contributed by atoms with E-state index in [4.69, 9.17) is 10.7 Å². The summed E-state index contributed by atoms with van der Waals surface area (Å²) in [5, 5.41) is 4.25. The van der Waals surface area contributed by atoms with Gasteiger partial charge in [-0.2, -0.15) is 0 Å². The summed E-state index contributed by atoms with van der Waals surface area (Å²) in [6, 6.07) is 8.65. The van der Waals surface area contributed by atoms with Gasteiger partial charge in [-0.25, -0.2) is 0 Å². The lowest BCUT2D eigenvalue weighted by Gasteiger charge is -2.31. The van der Waals surface area contributed by atoms with Gasteiger partial charge in [-0.1, -0.05) is 26.0 Å². The molecule has 1 unspecified atom stereocenters. The van der Waals surface area contributed by atoms with Gasteiger partial charge in [0.25, 0.3) is 0 Å². The lowest BCUT2D eigenvalue weighted by molar-refractivity contribution is -0.123. The van der Waals surface area contributed by atoms with Crippen molar-refractivity contribution in [2.75, 3.05) is 19.6 Å². The number of carbonyl (C=O) groups is 1. The number of nitrogens with one attached hydrogen (secondary N) is 2. The third kappa shape index (κ3) is 4.98. The van der Waals surface area contributed by atoms with Gasteiger partial charge in [0.15, 0.2) is 0 Å². The molecule has 144 valence electrons. The number of aliphatic imine (C=N–C) groups is 1. The molecule has 2 heterocycles. The first-order valence-electron chi connectivity index (χ1n) is 9.57.